The molecule has 0 aliphatic rings. The molecule has 0 saturated heterocycles. The normalized spacial score (nSPS) is 10.9. The van der Waals surface area contributed by atoms with E-state index in [0.717, 1.165) is 0 Å². The van der Waals surface area contributed by atoms with Crippen LogP contribution in [0, 0.1) is 12.7 Å². The zero-order valence-corrected chi connectivity index (χ0v) is 16.2. The predicted molar refractivity (Wildman–Crippen MR) is 112 cm³/mol. The van der Waals surface area contributed by atoms with Gasteiger partial charge in [-0.2, -0.15) is 0 Å². The van der Waals surface area contributed by atoms with Gasteiger partial charge in [-0.05, 0) is 37.3 Å². The molecule has 0 bridgehead atoms. The number of nitrogens with zero attached hydrogens (tertiary/aromatic N) is 5. The van der Waals surface area contributed by atoms with E-state index in [1.807, 2.05) is 25.1 Å². The van der Waals surface area contributed by atoms with Gasteiger partial charge >= 0.3 is 0 Å². The first-order valence-corrected chi connectivity index (χ1v) is 8.99. The van der Waals surface area contributed by atoms with Crippen LogP contribution in [0.15, 0.2) is 59.7 Å². The maximum atomic E-state index is 14.5. The molecule has 29 heavy (non-hydrogen) atoms. The Kier molecular flexibility index (Phi) is 4.67. The molecule has 146 valence electrons. The van der Waals surface area contributed by atoms with E-state index in [2.05, 4.69) is 20.3 Å². The van der Waals surface area contributed by atoms with Gasteiger partial charge < -0.3 is 10.2 Å². The minimum Gasteiger partial charge on any atom is -0.363 e. The molecule has 4 aromatic rings. The van der Waals surface area contributed by atoms with Crippen molar-refractivity contribution >= 4 is 28.2 Å². The number of hydrogen-bond donors (Lipinski definition) is 1. The molecular weight excluding hydrogens is 371 g/mol. The smallest absolute Gasteiger partial charge is 0.265 e. The van der Waals surface area contributed by atoms with Crippen molar-refractivity contribution in [1.82, 2.24) is 19.5 Å². The summed E-state index contributed by atoms with van der Waals surface area (Å²) in [5, 5.41) is 3.47. The summed E-state index contributed by atoms with van der Waals surface area (Å²) in [7, 11) is 3.71. The first-order chi connectivity index (χ1) is 13.9. The topological polar surface area (TPSA) is 75.9 Å². The zero-order valence-electron chi connectivity index (χ0n) is 16.2. The molecule has 2 aromatic carbocycles. The molecule has 0 aliphatic heterocycles. The highest BCUT2D eigenvalue weighted by Crippen LogP contribution is 2.24. The molecule has 8 heteroatoms. The number of halogens is 1. The average molecular weight is 390 g/mol. The Morgan fingerprint density at radius 1 is 1.07 bits per heavy atom. The summed E-state index contributed by atoms with van der Waals surface area (Å²) in [4.78, 5) is 27.6. The van der Waals surface area contributed by atoms with E-state index in [4.69, 9.17) is 0 Å². The Morgan fingerprint density at radius 2 is 1.86 bits per heavy atom. The summed E-state index contributed by atoms with van der Waals surface area (Å²) < 4.78 is 15.9. The summed E-state index contributed by atoms with van der Waals surface area (Å²) >= 11 is 0. The van der Waals surface area contributed by atoms with E-state index in [9.17, 15) is 9.18 Å². The largest absolute Gasteiger partial charge is 0.363 e. The lowest BCUT2D eigenvalue weighted by atomic mass is 10.2. The van der Waals surface area contributed by atoms with Crippen LogP contribution >= 0.6 is 0 Å². The monoisotopic (exact) mass is 390 g/mol. The summed E-state index contributed by atoms with van der Waals surface area (Å²) in [5.74, 6) is 1.19. The van der Waals surface area contributed by atoms with Crippen molar-refractivity contribution in [2.24, 2.45) is 0 Å². The molecule has 0 atom stereocenters. The van der Waals surface area contributed by atoms with Crippen molar-refractivity contribution in [3.8, 4) is 5.69 Å². The first-order valence-electron chi connectivity index (χ1n) is 8.99. The fourth-order valence-corrected chi connectivity index (χ4v) is 3.09. The third-order valence-corrected chi connectivity index (χ3v) is 4.53. The molecule has 0 unspecified atom stereocenters. The Hall–Kier alpha value is -3.81. The van der Waals surface area contributed by atoms with Gasteiger partial charge in [0.05, 0.1) is 22.3 Å². The van der Waals surface area contributed by atoms with Gasteiger partial charge in [-0.3, -0.25) is 9.36 Å². The molecule has 0 saturated carbocycles. The Labute approximate surface area is 166 Å². The molecule has 2 heterocycles. The fraction of sp³-hybridized carbons (Fsp3) is 0.143. The van der Waals surface area contributed by atoms with Gasteiger partial charge in [-0.1, -0.05) is 12.1 Å². The van der Waals surface area contributed by atoms with Crippen molar-refractivity contribution in [3.63, 3.8) is 0 Å². The number of benzene rings is 2. The summed E-state index contributed by atoms with van der Waals surface area (Å²) in [6.07, 6.45) is 1.40. The van der Waals surface area contributed by atoms with Gasteiger partial charge in [0.1, 0.15) is 29.6 Å². The molecule has 0 spiro atoms. The van der Waals surface area contributed by atoms with Crippen LogP contribution in [0.3, 0.4) is 0 Å². The van der Waals surface area contributed by atoms with Gasteiger partial charge in [-0.25, -0.2) is 19.3 Å². The average Bonchev–Trinajstić information content (AvgIpc) is 2.70. The lowest BCUT2D eigenvalue weighted by molar-refractivity contribution is 0.631. The van der Waals surface area contributed by atoms with Crippen LogP contribution in [0.2, 0.25) is 0 Å². The summed E-state index contributed by atoms with van der Waals surface area (Å²) in [6, 6.07) is 13.3. The van der Waals surface area contributed by atoms with E-state index in [-0.39, 0.29) is 11.2 Å². The minimum atomic E-state index is -0.460. The molecule has 1 N–H and O–H groups in total. The van der Waals surface area contributed by atoms with E-state index < -0.39 is 5.82 Å². The number of aromatic nitrogens is 4. The van der Waals surface area contributed by atoms with Crippen LogP contribution in [0.5, 0.6) is 0 Å². The van der Waals surface area contributed by atoms with Crippen molar-refractivity contribution in [1.29, 1.82) is 0 Å². The SMILES string of the molecule is Cc1nc2ccccc2c(=O)n1-c1ccc(F)c(Nc2cc(N(C)C)ncn2)c1. The molecule has 0 fully saturated rings. The Morgan fingerprint density at radius 3 is 2.66 bits per heavy atom. The summed E-state index contributed by atoms with van der Waals surface area (Å²) in [6.45, 7) is 1.75. The minimum absolute atomic E-state index is 0.199. The Bertz CT molecular complexity index is 1270. The predicted octanol–water partition coefficient (Wildman–Crippen LogP) is 3.43. The van der Waals surface area contributed by atoms with Crippen molar-refractivity contribution < 1.29 is 4.39 Å². The first kappa shape index (κ1) is 18.5. The number of anilines is 3. The molecule has 2 aromatic heterocycles. The molecule has 0 radical (unpaired) electrons. The molecule has 4 rings (SSSR count). The van der Waals surface area contributed by atoms with E-state index in [0.29, 0.717) is 34.1 Å². The number of hydrogen-bond acceptors (Lipinski definition) is 6. The number of para-hydroxylation sites is 1. The van der Waals surface area contributed by atoms with Crippen LogP contribution in [0.25, 0.3) is 16.6 Å². The quantitative estimate of drug-likeness (QED) is 0.575. The van der Waals surface area contributed by atoms with Crippen molar-refractivity contribution in [2.45, 2.75) is 6.92 Å². The molecule has 0 amide bonds. The highest BCUT2D eigenvalue weighted by atomic mass is 19.1. The van der Waals surface area contributed by atoms with Gasteiger partial charge in [0, 0.05) is 20.2 Å². The number of aryl methyl sites for hydroxylation is 1. The lowest BCUT2D eigenvalue weighted by Crippen LogP contribution is -2.22. The van der Waals surface area contributed by atoms with Crippen LogP contribution in [-0.4, -0.2) is 33.6 Å². The van der Waals surface area contributed by atoms with Crippen LogP contribution in [-0.2, 0) is 0 Å². The van der Waals surface area contributed by atoms with E-state index >= 15 is 0 Å². The summed E-state index contributed by atoms with van der Waals surface area (Å²) in [5.41, 5.74) is 1.13. The lowest BCUT2D eigenvalue weighted by Gasteiger charge is -2.15. The van der Waals surface area contributed by atoms with Crippen LogP contribution < -0.4 is 15.8 Å². The zero-order chi connectivity index (χ0) is 20.5. The van der Waals surface area contributed by atoms with E-state index in [1.165, 1.54) is 17.0 Å². The molecular formula is C21H19FN6O. The highest BCUT2D eigenvalue weighted by Gasteiger charge is 2.13. The number of nitrogens with one attached hydrogen (secondary N) is 1. The number of fused-ring (bicyclic) bond motifs is 1. The second-order valence-electron chi connectivity index (χ2n) is 6.76. The maximum absolute atomic E-state index is 14.5. The van der Waals surface area contributed by atoms with E-state index in [1.54, 1.807) is 43.3 Å². The standard InChI is InChI=1S/C21H19FN6O/c1-13-25-17-7-5-4-6-15(17)21(29)28(13)14-8-9-16(22)18(10-14)26-19-11-20(27(2)3)24-12-23-19/h4-12H,1-3H3,(H,23,24,26). The highest BCUT2D eigenvalue weighted by molar-refractivity contribution is 5.78. The van der Waals surface area contributed by atoms with Gasteiger partial charge in [0.25, 0.3) is 5.56 Å². The fourth-order valence-electron chi connectivity index (χ4n) is 3.09. The van der Waals surface area contributed by atoms with Crippen LogP contribution in [0.4, 0.5) is 21.7 Å². The van der Waals surface area contributed by atoms with Crippen LogP contribution in [0.1, 0.15) is 5.82 Å². The second-order valence-corrected chi connectivity index (χ2v) is 6.76. The second kappa shape index (κ2) is 7.31. The van der Waals surface area contributed by atoms with Gasteiger partial charge in [0.15, 0.2) is 0 Å². The molecule has 0 aliphatic carbocycles. The van der Waals surface area contributed by atoms with Crippen molar-refractivity contribution in [3.05, 3.63) is 76.9 Å². The molecule has 7 nitrogen and oxygen atoms in total. The Balaban J connectivity index is 1.79. The maximum Gasteiger partial charge on any atom is 0.265 e. The van der Waals surface area contributed by atoms with Crippen molar-refractivity contribution in [2.75, 3.05) is 24.3 Å². The third-order valence-electron chi connectivity index (χ3n) is 4.53. The number of rotatable bonds is 4. The van der Waals surface area contributed by atoms with Gasteiger partial charge in [0.2, 0.25) is 0 Å². The van der Waals surface area contributed by atoms with Gasteiger partial charge in [-0.15, -0.1) is 0 Å². The third kappa shape index (κ3) is 3.52.